The first-order chi connectivity index (χ1) is 9.52. The molecule has 0 bridgehead atoms. The molecule has 1 aromatic rings. The maximum absolute atomic E-state index is 3.74. The Morgan fingerprint density at radius 2 is 1.85 bits per heavy atom. The van der Waals surface area contributed by atoms with Gasteiger partial charge < -0.3 is 5.32 Å². The molecule has 0 heterocycles. The van der Waals surface area contributed by atoms with Crippen LogP contribution in [-0.4, -0.2) is 12.6 Å². The quantitative estimate of drug-likeness (QED) is 0.665. The minimum absolute atomic E-state index is 0.634. The van der Waals surface area contributed by atoms with Crippen molar-refractivity contribution in [2.75, 3.05) is 6.54 Å². The zero-order valence-electron chi connectivity index (χ0n) is 14.1. The smallest absolute Gasteiger partial charge is 0.0108 e. The van der Waals surface area contributed by atoms with E-state index < -0.39 is 0 Å². The Morgan fingerprint density at radius 3 is 2.50 bits per heavy atom. The van der Waals surface area contributed by atoms with Gasteiger partial charge in [-0.2, -0.15) is 0 Å². The van der Waals surface area contributed by atoms with E-state index >= 15 is 0 Å². The van der Waals surface area contributed by atoms with E-state index in [2.05, 4.69) is 58.1 Å². The first-order valence-electron chi connectivity index (χ1n) is 8.32. The highest BCUT2D eigenvalue weighted by atomic mass is 14.9. The lowest BCUT2D eigenvalue weighted by Crippen LogP contribution is -2.32. The predicted octanol–water partition coefficient (Wildman–Crippen LogP) is 5.04. The molecular formula is C19H33N. The van der Waals surface area contributed by atoms with E-state index in [0.717, 1.165) is 12.5 Å². The molecule has 0 saturated carbocycles. The van der Waals surface area contributed by atoms with E-state index in [9.17, 15) is 0 Å². The monoisotopic (exact) mass is 275 g/mol. The van der Waals surface area contributed by atoms with Gasteiger partial charge in [0.15, 0.2) is 0 Å². The molecule has 0 aliphatic rings. The summed E-state index contributed by atoms with van der Waals surface area (Å²) >= 11 is 0. The Balaban J connectivity index is 2.60. The number of hydrogen-bond donors (Lipinski definition) is 1. The van der Waals surface area contributed by atoms with Crippen molar-refractivity contribution in [2.45, 2.75) is 72.8 Å². The fourth-order valence-electron chi connectivity index (χ4n) is 2.68. The van der Waals surface area contributed by atoms with Crippen LogP contribution in [0.15, 0.2) is 18.2 Å². The van der Waals surface area contributed by atoms with Crippen molar-refractivity contribution in [1.82, 2.24) is 5.32 Å². The number of hydrogen-bond acceptors (Lipinski definition) is 1. The Hall–Kier alpha value is -0.820. The summed E-state index contributed by atoms with van der Waals surface area (Å²) in [6.07, 6.45) is 6.37. The van der Waals surface area contributed by atoms with Crippen molar-refractivity contribution < 1.29 is 0 Å². The molecule has 1 aromatic carbocycles. The molecule has 0 amide bonds. The Bertz CT molecular complexity index is 381. The van der Waals surface area contributed by atoms with Crippen LogP contribution in [0.2, 0.25) is 0 Å². The number of nitrogens with one attached hydrogen (secondary N) is 1. The van der Waals surface area contributed by atoms with E-state index in [4.69, 9.17) is 0 Å². The highest BCUT2D eigenvalue weighted by Gasteiger charge is 2.11. The molecule has 20 heavy (non-hydrogen) atoms. The summed E-state index contributed by atoms with van der Waals surface area (Å²) in [6, 6.07) is 7.47. The van der Waals surface area contributed by atoms with Crippen LogP contribution in [0, 0.1) is 19.8 Å². The Morgan fingerprint density at radius 1 is 1.10 bits per heavy atom. The topological polar surface area (TPSA) is 12.0 Å². The zero-order chi connectivity index (χ0) is 15.0. The second-order valence-corrected chi connectivity index (χ2v) is 6.61. The normalized spacial score (nSPS) is 12.9. The van der Waals surface area contributed by atoms with Gasteiger partial charge in [0.25, 0.3) is 0 Å². The molecule has 0 spiro atoms. The van der Waals surface area contributed by atoms with Gasteiger partial charge in [0.2, 0.25) is 0 Å². The van der Waals surface area contributed by atoms with Gasteiger partial charge in [-0.15, -0.1) is 0 Å². The van der Waals surface area contributed by atoms with Gasteiger partial charge in [-0.05, 0) is 56.7 Å². The fraction of sp³-hybridized carbons (Fsp3) is 0.684. The first-order valence-corrected chi connectivity index (χ1v) is 8.32. The second kappa shape index (κ2) is 9.18. The summed E-state index contributed by atoms with van der Waals surface area (Å²) in [4.78, 5) is 0. The van der Waals surface area contributed by atoms with Crippen LogP contribution in [0.4, 0.5) is 0 Å². The molecule has 0 saturated heterocycles. The molecule has 0 aromatic heterocycles. The van der Waals surface area contributed by atoms with Gasteiger partial charge in [0.05, 0.1) is 0 Å². The lowest BCUT2D eigenvalue weighted by Gasteiger charge is -2.20. The Kier molecular flexibility index (Phi) is 7.91. The largest absolute Gasteiger partial charge is 0.314 e. The maximum Gasteiger partial charge on any atom is 0.0108 e. The lowest BCUT2D eigenvalue weighted by molar-refractivity contribution is 0.434. The van der Waals surface area contributed by atoms with Crippen molar-refractivity contribution >= 4 is 0 Å². The second-order valence-electron chi connectivity index (χ2n) is 6.61. The highest BCUT2D eigenvalue weighted by molar-refractivity contribution is 5.31. The van der Waals surface area contributed by atoms with E-state index in [1.165, 1.54) is 48.8 Å². The molecule has 1 atom stereocenters. The molecule has 0 aliphatic heterocycles. The molecule has 1 unspecified atom stereocenters. The molecule has 0 aliphatic carbocycles. The van der Waals surface area contributed by atoms with Gasteiger partial charge in [-0.25, -0.2) is 0 Å². The van der Waals surface area contributed by atoms with Crippen molar-refractivity contribution in [3.8, 4) is 0 Å². The van der Waals surface area contributed by atoms with Crippen molar-refractivity contribution in [2.24, 2.45) is 5.92 Å². The van der Waals surface area contributed by atoms with Crippen LogP contribution in [0.3, 0.4) is 0 Å². The summed E-state index contributed by atoms with van der Waals surface area (Å²) < 4.78 is 0. The SMILES string of the molecule is CCCNC(CCCC(C)C)Cc1cc(C)ccc1C. The summed E-state index contributed by atoms with van der Waals surface area (Å²) in [5, 5.41) is 3.74. The minimum Gasteiger partial charge on any atom is -0.314 e. The van der Waals surface area contributed by atoms with Gasteiger partial charge in [0, 0.05) is 6.04 Å². The molecule has 1 N–H and O–H groups in total. The summed E-state index contributed by atoms with van der Waals surface area (Å²) in [7, 11) is 0. The molecule has 1 heteroatoms. The fourth-order valence-corrected chi connectivity index (χ4v) is 2.68. The third-order valence-electron chi connectivity index (χ3n) is 3.99. The van der Waals surface area contributed by atoms with Crippen molar-refractivity contribution in [3.63, 3.8) is 0 Å². The lowest BCUT2D eigenvalue weighted by atomic mass is 9.95. The summed E-state index contributed by atoms with van der Waals surface area (Å²) in [5.74, 6) is 0.822. The molecule has 0 radical (unpaired) electrons. The van der Waals surface area contributed by atoms with Gasteiger partial charge in [-0.1, -0.05) is 57.4 Å². The van der Waals surface area contributed by atoms with Crippen LogP contribution < -0.4 is 5.32 Å². The molecular weight excluding hydrogens is 242 g/mol. The molecule has 114 valence electrons. The summed E-state index contributed by atoms with van der Waals surface area (Å²) in [5.41, 5.74) is 4.33. The molecule has 0 fully saturated rings. The number of aryl methyl sites for hydroxylation is 2. The van der Waals surface area contributed by atoms with E-state index in [1.54, 1.807) is 0 Å². The van der Waals surface area contributed by atoms with Crippen LogP contribution in [-0.2, 0) is 6.42 Å². The van der Waals surface area contributed by atoms with Crippen LogP contribution in [0.1, 0.15) is 63.1 Å². The number of benzene rings is 1. The van der Waals surface area contributed by atoms with Crippen LogP contribution >= 0.6 is 0 Å². The van der Waals surface area contributed by atoms with Crippen LogP contribution in [0.25, 0.3) is 0 Å². The van der Waals surface area contributed by atoms with Crippen LogP contribution in [0.5, 0.6) is 0 Å². The average molecular weight is 275 g/mol. The standard InChI is InChI=1S/C19H33N/c1-6-12-20-19(9-7-8-15(2)3)14-18-13-16(4)10-11-17(18)5/h10-11,13,15,19-20H,6-9,12,14H2,1-5H3. The first kappa shape index (κ1) is 17.2. The highest BCUT2D eigenvalue weighted by Crippen LogP contribution is 2.16. The third-order valence-corrected chi connectivity index (χ3v) is 3.99. The summed E-state index contributed by atoms with van der Waals surface area (Å²) in [6.45, 7) is 12.4. The average Bonchev–Trinajstić information content (AvgIpc) is 2.39. The van der Waals surface area contributed by atoms with Gasteiger partial charge >= 0.3 is 0 Å². The predicted molar refractivity (Wildman–Crippen MR) is 90.4 cm³/mol. The van der Waals surface area contributed by atoms with Gasteiger partial charge in [-0.3, -0.25) is 0 Å². The van der Waals surface area contributed by atoms with Crippen molar-refractivity contribution in [1.29, 1.82) is 0 Å². The molecule has 1 nitrogen and oxygen atoms in total. The zero-order valence-corrected chi connectivity index (χ0v) is 14.1. The van der Waals surface area contributed by atoms with E-state index in [1.807, 2.05) is 0 Å². The number of rotatable bonds is 9. The van der Waals surface area contributed by atoms with Crippen molar-refractivity contribution in [3.05, 3.63) is 34.9 Å². The van der Waals surface area contributed by atoms with Gasteiger partial charge in [0.1, 0.15) is 0 Å². The van der Waals surface area contributed by atoms with E-state index in [-0.39, 0.29) is 0 Å². The van der Waals surface area contributed by atoms with E-state index in [0.29, 0.717) is 6.04 Å². The molecule has 1 rings (SSSR count). The third kappa shape index (κ3) is 6.56. The Labute approximate surface area is 126 Å². The maximum atomic E-state index is 3.74. The minimum atomic E-state index is 0.634.